The zero-order valence-corrected chi connectivity index (χ0v) is 16.2. The van der Waals surface area contributed by atoms with Crippen LogP contribution in [0.15, 0.2) is 29.2 Å². The van der Waals surface area contributed by atoms with E-state index in [9.17, 15) is 23.1 Å². The van der Waals surface area contributed by atoms with E-state index >= 15 is 0 Å². The highest BCUT2D eigenvalue weighted by Crippen LogP contribution is 2.42. The first kappa shape index (κ1) is 19.8. The minimum absolute atomic E-state index is 0.0817. The molecule has 2 atom stereocenters. The standard InChI is InChI=1S/C18H24N2O6S/c1-12(2)19-27(24,25)15-5-3-13(4-6-15)16(21)20-9-14-10-26-8-7-18(14,11-20)17(22)23/h3-6,12,14,19H,7-11H2,1-2H3,(H,22,23)/t14-,18+/m0/s1. The van der Waals surface area contributed by atoms with E-state index in [0.29, 0.717) is 31.7 Å². The van der Waals surface area contributed by atoms with E-state index in [0.717, 1.165) is 0 Å². The lowest BCUT2D eigenvalue weighted by Crippen LogP contribution is -2.45. The second kappa shape index (κ2) is 7.21. The molecule has 148 valence electrons. The number of fused-ring (bicyclic) bond motifs is 1. The fraction of sp³-hybridized carbons (Fsp3) is 0.556. The Hall–Kier alpha value is -1.97. The van der Waals surface area contributed by atoms with Gasteiger partial charge in [-0.05, 0) is 44.5 Å². The summed E-state index contributed by atoms with van der Waals surface area (Å²) in [5, 5.41) is 9.70. The Morgan fingerprint density at radius 3 is 2.52 bits per heavy atom. The van der Waals surface area contributed by atoms with Crippen molar-refractivity contribution in [2.24, 2.45) is 11.3 Å². The molecule has 2 saturated heterocycles. The number of ether oxygens (including phenoxy) is 1. The van der Waals surface area contributed by atoms with Crippen molar-refractivity contribution in [1.82, 2.24) is 9.62 Å². The summed E-state index contributed by atoms with van der Waals surface area (Å²) in [6.45, 7) is 4.62. The van der Waals surface area contributed by atoms with Crippen molar-refractivity contribution in [3.05, 3.63) is 29.8 Å². The van der Waals surface area contributed by atoms with Crippen LogP contribution >= 0.6 is 0 Å². The molecule has 0 saturated carbocycles. The molecule has 2 N–H and O–H groups in total. The summed E-state index contributed by atoms with van der Waals surface area (Å²) in [5.41, 5.74) is -0.628. The lowest BCUT2D eigenvalue weighted by Gasteiger charge is -2.33. The molecule has 0 spiro atoms. The molecule has 9 heteroatoms. The zero-order chi connectivity index (χ0) is 19.8. The van der Waals surface area contributed by atoms with E-state index in [1.54, 1.807) is 13.8 Å². The van der Waals surface area contributed by atoms with Gasteiger partial charge in [-0.1, -0.05) is 0 Å². The van der Waals surface area contributed by atoms with Gasteiger partial charge in [0.05, 0.1) is 16.9 Å². The van der Waals surface area contributed by atoms with Crippen LogP contribution in [0.4, 0.5) is 0 Å². The number of likely N-dealkylation sites (tertiary alicyclic amines) is 1. The summed E-state index contributed by atoms with van der Waals surface area (Å²) >= 11 is 0. The zero-order valence-electron chi connectivity index (χ0n) is 15.3. The van der Waals surface area contributed by atoms with E-state index in [1.165, 1.54) is 29.2 Å². The number of amides is 1. The SMILES string of the molecule is CC(C)NS(=O)(=O)c1ccc(C(=O)N2C[C@H]3COCC[C@@]3(C(=O)O)C2)cc1. The van der Waals surface area contributed by atoms with Crippen molar-refractivity contribution in [3.8, 4) is 0 Å². The molecule has 27 heavy (non-hydrogen) atoms. The van der Waals surface area contributed by atoms with Gasteiger partial charge in [0.2, 0.25) is 10.0 Å². The number of aliphatic carboxylic acids is 1. The maximum Gasteiger partial charge on any atom is 0.311 e. The summed E-state index contributed by atoms with van der Waals surface area (Å²) < 4.78 is 32.3. The molecule has 0 aliphatic carbocycles. The monoisotopic (exact) mass is 396 g/mol. The Bertz CT molecular complexity index is 836. The molecule has 1 aromatic carbocycles. The molecule has 2 fully saturated rings. The quantitative estimate of drug-likeness (QED) is 0.766. The van der Waals surface area contributed by atoms with Crippen molar-refractivity contribution < 1.29 is 27.9 Å². The molecule has 2 aliphatic heterocycles. The van der Waals surface area contributed by atoms with Crippen molar-refractivity contribution >= 4 is 21.9 Å². The first-order valence-corrected chi connectivity index (χ1v) is 10.4. The predicted octanol–water partition coefficient (Wildman–Crippen LogP) is 0.937. The number of benzene rings is 1. The molecule has 3 rings (SSSR count). The highest BCUT2D eigenvalue weighted by molar-refractivity contribution is 7.89. The smallest absolute Gasteiger partial charge is 0.311 e. The first-order valence-electron chi connectivity index (χ1n) is 8.88. The fourth-order valence-corrected chi connectivity index (χ4v) is 5.04. The Kier molecular flexibility index (Phi) is 5.29. The van der Waals surface area contributed by atoms with Crippen LogP contribution in [0.5, 0.6) is 0 Å². The number of nitrogens with zero attached hydrogens (tertiary/aromatic N) is 1. The third kappa shape index (κ3) is 3.71. The van der Waals surface area contributed by atoms with Crippen LogP contribution in [0.1, 0.15) is 30.6 Å². The van der Waals surface area contributed by atoms with Crippen LogP contribution in [-0.2, 0) is 19.6 Å². The molecule has 0 unspecified atom stereocenters. The van der Waals surface area contributed by atoms with Crippen molar-refractivity contribution in [1.29, 1.82) is 0 Å². The Morgan fingerprint density at radius 1 is 1.30 bits per heavy atom. The summed E-state index contributed by atoms with van der Waals surface area (Å²) in [5.74, 6) is -1.43. The van der Waals surface area contributed by atoms with Gasteiger partial charge < -0.3 is 14.7 Å². The summed E-state index contributed by atoms with van der Waals surface area (Å²) in [6.07, 6.45) is 0.384. The second-order valence-electron chi connectivity index (χ2n) is 7.47. The van der Waals surface area contributed by atoms with Crippen molar-refractivity contribution in [3.63, 3.8) is 0 Å². The largest absolute Gasteiger partial charge is 0.481 e. The molecule has 1 amide bonds. The van der Waals surface area contributed by atoms with E-state index in [-0.39, 0.29) is 29.3 Å². The van der Waals surface area contributed by atoms with E-state index in [4.69, 9.17) is 4.74 Å². The van der Waals surface area contributed by atoms with Crippen LogP contribution in [0, 0.1) is 11.3 Å². The van der Waals surface area contributed by atoms with Gasteiger partial charge in [-0.15, -0.1) is 0 Å². The van der Waals surface area contributed by atoms with Gasteiger partial charge in [-0.25, -0.2) is 13.1 Å². The number of carboxylic acids is 1. The lowest BCUT2D eigenvalue weighted by atomic mass is 9.74. The highest BCUT2D eigenvalue weighted by Gasteiger charge is 2.54. The molecule has 0 bridgehead atoms. The minimum Gasteiger partial charge on any atom is -0.481 e. The second-order valence-corrected chi connectivity index (χ2v) is 9.18. The summed E-state index contributed by atoms with van der Waals surface area (Å²) in [7, 11) is -3.63. The Labute approximate surface area is 158 Å². The first-order chi connectivity index (χ1) is 12.7. The van der Waals surface area contributed by atoms with Gasteiger partial charge in [0.1, 0.15) is 0 Å². The number of carbonyl (C=O) groups excluding carboxylic acids is 1. The summed E-state index contributed by atoms with van der Waals surface area (Å²) in [4.78, 5) is 26.3. The topological polar surface area (TPSA) is 113 Å². The normalized spacial score (nSPS) is 25.4. The third-order valence-electron chi connectivity index (χ3n) is 5.22. The number of rotatable bonds is 5. The number of hydrogen-bond acceptors (Lipinski definition) is 5. The molecule has 0 radical (unpaired) electrons. The third-order valence-corrected chi connectivity index (χ3v) is 6.90. The highest BCUT2D eigenvalue weighted by atomic mass is 32.2. The molecule has 8 nitrogen and oxygen atoms in total. The molecule has 0 aromatic heterocycles. The van der Waals surface area contributed by atoms with E-state index < -0.39 is 21.4 Å². The number of sulfonamides is 1. The molecular formula is C18H24N2O6S. The lowest BCUT2D eigenvalue weighted by molar-refractivity contribution is -0.157. The molecule has 2 aliphatic rings. The van der Waals surface area contributed by atoms with Gasteiger partial charge in [0.15, 0.2) is 0 Å². The number of carbonyl (C=O) groups is 2. The van der Waals surface area contributed by atoms with Crippen LogP contribution in [0.2, 0.25) is 0 Å². The maximum absolute atomic E-state index is 12.8. The molecule has 1 aromatic rings. The number of hydrogen-bond donors (Lipinski definition) is 2. The van der Waals surface area contributed by atoms with Gasteiger partial charge in [0.25, 0.3) is 5.91 Å². The average Bonchev–Trinajstić information content (AvgIpc) is 3.01. The average molecular weight is 396 g/mol. The van der Waals surface area contributed by atoms with Crippen molar-refractivity contribution in [2.45, 2.75) is 31.2 Å². The minimum atomic E-state index is -3.63. The van der Waals surface area contributed by atoms with Crippen LogP contribution in [-0.4, -0.2) is 62.6 Å². The van der Waals surface area contributed by atoms with Crippen molar-refractivity contribution in [2.75, 3.05) is 26.3 Å². The number of carboxylic acid groups (broad SMARTS) is 1. The Balaban J connectivity index is 1.78. The van der Waals surface area contributed by atoms with Crippen LogP contribution in [0.25, 0.3) is 0 Å². The summed E-state index contributed by atoms with van der Waals surface area (Å²) in [6, 6.07) is 5.46. The van der Waals surface area contributed by atoms with E-state index in [1.807, 2.05) is 0 Å². The molecular weight excluding hydrogens is 372 g/mol. The van der Waals surface area contributed by atoms with E-state index in [2.05, 4.69) is 4.72 Å². The fourth-order valence-electron chi connectivity index (χ4n) is 3.79. The van der Waals surface area contributed by atoms with Crippen LogP contribution < -0.4 is 4.72 Å². The van der Waals surface area contributed by atoms with Gasteiger partial charge >= 0.3 is 5.97 Å². The maximum atomic E-state index is 12.8. The number of nitrogens with one attached hydrogen (secondary N) is 1. The van der Waals surface area contributed by atoms with Gasteiger partial charge in [-0.3, -0.25) is 9.59 Å². The molecule has 2 heterocycles. The van der Waals surface area contributed by atoms with Gasteiger partial charge in [0, 0.05) is 37.2 Å². The predicted molar refractivity (Wildman–Crippen MR) is 96.8 cm³/mol. The van der Waals surface area contributed by atoms with Gasteiger partial charge in [-0.2, -0.15) is 0 Å². The van der Waals surface area contributed by atoms with Crippen LogP contribution in [0.3, 0.4) is 0 Å². The Morgan fingerprint density at radius 2 is 1.96 bits per heavy atom.